The summed E-state index contributed by atoms with van der Waals surface area (Å²) in [6.45, 7) is 1.11. The number of amides is 2. The predicted octanol–water partition coefficient (Wildman–Crippen LogP) is 4.73. The van der Waals surface area contributed by atoms with Crippen molar-refractivity contribution in [1.29, 1.82) is 0 Å². The Balaban J connectivity index is 1.50. The molecular formula is C26H34N2O3. The predicted molar refractivity (Wildman–Crippen MR) is 123 cm³/mol. The maximum atomic E-state index is 13.0. The van der Waals surface area contributed by atoms with Crippen LogP contribution in [0.1, 0.15) is 49.7 Å². The minimum absolute atomic E-state index is 0.0819. The molecule has 2 aromatic carbocycles. The topological polar surface area (TPSA) is 72.6 Å². The zero-order valence-electron chi connectivity index (χ0n) is 18.2. The van der Waals surface area contributed by atoms with Crippen LogP contribution in [0.25, 0.3) is 0 Å². The van der Waals surface area contributed by atoms with Crippen LogP contribution in [0.2, 0.25) is 0 Å². The van der Waals surface area contributed by atoms with Crippen molar-refractivity contribution in [2.45, 2.75) is 57.5 Å². The van der Waals surface area contributed by atoms with Gasteiger partial charge in [0.2, 0.25) is 0 Å². The Bertz CT molecular complexity index is 756. The first-order valence-electron chi connectivity index (χ1n) is 11.4. The van der Waals surface area contributed by atoms with Crippen molar-refractivity contribution in [2.24, 2.45) is 11.7 Å². The third-order valence-corrected chi connectivity index (χ3v) is 6.09. The summed E-state index contributed by atoms with van der Waals surface area (Å²) >= 11 is 0. The molecule has 0 atom stereocenters. The van der Waals surface area contributed by atoms with E-state index in [1.165, 1.54) is 11.1 Å². The van der Waals surface area contributed by atoms with Gasteiger partial charge in [-0.05, 0) is 49.7 Å². The molecule has 1 aliphatic rings. The lowest BCUT2D eigenvalue weighted by atomic mass is 9.93. The molecule has 1 heterocycles. The van der Waals surface area contributed by atoms with E-state index in [0.717, 1.165) is 38.5 Å². The van der Waals surface area contributed by atoms with E-state index < -0.39 is 6.03 Å². The van der Waals surface area contributed by atoms with Crippen LogP contribution in [0.4, 0.5) is 4.79 Å². The van der Waals surface area contributed by atoms with Crippen LogP contribution in [0, 0.1) is 5.92 Å². The van der Waals surface area contributed by atoms with Gasteiger partial charge in [0.25, 0.3) is 0 Å². The fourth-order valence-electron chi connectivity index (χ4n) is 4.23. The Morgan fingerprint density at radius 2 is 1.35 bits per heavy atom. The van der Waals surface area contributed by atoms with Gasteiger partial charge in [0.05, 0.1) is 5.92 Å². The number of nitrogens with two attached hydrogens (primary N) is 1. The standard InChI is InChI=1S/C26H34N2O3/c27-26(30)28-19-17-24(18-20-28)31-25(29)23(15-7-13-21-9-3-1-4-10-21)16-8-14-22-11-5-2-6-12-22/h1-6,9-12,23-24H,7-8,13-20H2,(H2,27,30). The average Bonchev–Trinajstić information content (AvgIpc) is 2.80. The van der Waals surface area contributed by atoms with E-state index in [-0.39, 0.29) is 18.0 Å². The highest BCUT2D eigenvalue weighted by atomic mass is 16.5. The molecule has 3 rings (SSSR count). The third kappa shape index (κ3) is 7.74. The maximum absolute atomic E-state index is 13.0. The molecule has 0 radical (unpaired) electrons. The molecule has 1 fully saturated rings. The number of likely N-dealkylation sites (tertiary alicyclic amines) is 1. The van der Waals surface area contributed by atoms with Gasteiger partial charge < -0.3 is 15.4 Å². The number of aryl methyl sites for hydroxylation is 2. The highest BCUT2D eigenvalue weighted by Gasteiger charge is 2.27. The van der Waals surface area contributed by atoms with Gasteiger partial charge in [-0.25, -0.2) is 4.79 Å². The van der Waals surface area contributed by atoms with Crippen LogP contribution in [0.3, 0.4) is 0 Å². The van der Waals surface area contributed by atoms with Gasteiger partial charge in [0, 0.05) is 25.9 Å². The van der Waals surface area contributed by atoms with Gasteiger partial charge in [0.15, 0.2) is 0 Å². The van der Waals surface area contributed by atoms with E-state index >= 15 is 0 Å². The quantitative estimate of drug-likeness (QED) is 0.562. The normalized spacial score (nSPS) is 14.5. The molecule has 2 aromatic rings. The number of carbonyl (C=O) groups excluding carboxylic acids is 2. The highest BCUT2D eigenvalue weighted by molar-refractivity contribution is 5.73. The minimum Gasteiger partial charge on any atom is -0.462 e. The van der Waals surface area contributed by atoms with Crippen LogP contribution in [0.5, 0.6) is 0 Å². The van der Waals surface area contributed by atoms with Crippen molar-refractivity contribution in [3.8, 4) is 0 Å². The number of primary amides is 1. The van der Waals surface area contributed by atoms with Gasteiger partial charge in [-0.15, -0.1) is 0 Å². The maximum Gasteiger partial charge on any atom is 0.314 e. The summed E-state index contributed by atoms with van der Waals surface area (Å²) in [5, 5.41) is 0. The number of piperidine rings is 1. The SMILES string of the molecule is NC(=O)N1CCC(OC(=O)C(CCCc2ccccc2)CCCc2ccccc2)CC1. The Labute approximate surface area is 185 Å². The van der Waals surface area contributed by atoms with E-state index in [1.807, 2.05) is 12.1 Å². The molecule has 0 saturated carbocycles. The second kappa shape index (κ2) is 12.1. The van der Waals surface area contributed by atoms with Gasteiger partial charge >= 0.3 is 12.0 Å². The smallest absolute Gasteiger partial charge is 0.314 e. The van der Waals surface area contributed by atoms with Gasteiger partial charge in [-0.3, -0.25) is 4.79 Å². The molecule has 0 aliphatic carbocycles. The molecule has 5 heteroatoms. The van der Waals surface area contributed by atoms with E-state index in [2.05, 4.69) is 48.5 Å². The lowest BCUT2D eigenvalue weighted by molar-refractivity contribution is -0.156. The highest BCUT2D eigenvalue weighted by Crippen LogP contribution is 2.22. The monoisotopic (exact) mass is 422 g/mol. The minimum atomic E-state index is -0.399. The number of rotatable bonds is 10. The lowest BCUT2D eigenvalue weighted by Crippen LogP contribution is -2.44. The number of benzene rings is 2. The molecule has 0 bridgehead atoms. The van der Waals surface area contributed by atoms with E-state index in [1.54, 1.807) is 4.90 Å². The van der Waals surface area contributed by atoms with Crippen molar-refractivity contribution in [2.75, 3.05) is 13.1 Å². The number of ether oxygens (including phenoxy) is 1. The lowest BCUT2D eigenvalue weighted by Gasteiger charge is -2.31. The Morgan fingerprint density at radius 1 is 0.871 bits per heavy atom. The Kier molecular flexibility index (Phi) is 8.95. The Hall–Kier alpha value is -2.82. The Morgan fingerprint density at radius 3 is 1.81 bits per heavy atom. The van der Waals surface area contributed by atoms with Crippen molar-refractivity contribution in [3.05, 3.63) is 71.8 Å². The molecule has 0 spiro atoms. The van der Waals surface area contributed by atoms with E-state index in [0.29, 0.717) is 25.9 Å². The van der Waals surface area contributed by atoms with Crippen molar-refractivity contribution >= 4 is 12.0 Å². The number of carbonyl (C=O) groups is 2. The third-order valence-electron chi connectivity index (χ3n) is 6.09. The van der Waals surface area contributed by atoms with Crippen LogP contribution in [-0.2, 0) is 22.4 Å². The fraction of sp³-hybridized carbons (Fsp3) is 0.462. The summed E-state index contributed by atoms with van der Waals surface area (Å²) in [7, 11) is 0. The molecule has 0 unspecified atom stereocenters. The van der Waals surface area contributed by atoms with Crippen molar-refractivity contribution in [1.82, 2.24) is 4.90 Å². The van der Waals surface area contributed by atoms with E-state index in [9.17, 15) is 9.59 Å². The fourth-order valence-corrected chi connectivity index (χ4v) is 4.23. The number of esters is 1. The molecule has 0 aromatic heterocycles. The van der Waals surface area contributed by atoms with Gasteiger partial charge in [0.1, 0.15) is 6.10 Å². The molecular weight excluding hydrogens is 388 g/mol. The molecule has 2 N–H and O–H groups in total. The van der Waals surface area contributed by atoms with Crippen LogP contribution < -0.4 is 5.73 Å². The van der Waals surface area contributed by atoms with Crippen LogP contribution >= 0.6 is 0 Å². The van der Waals surface area contributed by atoms with Crippen molar-refractivity contribution in [3.63, 3.8) is 0 Å². The second-order valence-corrected chi connectivity index (χ2v) is 8.41. The first kappa shape index (κ1) is 22.9. The number of hydrogen-bond donors (Lipinski definition) is 1. The van der Waals surface area contributed by atoms with Gasteiger partial charge in [-0.1, -0.05) is 60.7 Å². The number of nitrogens with zero attached hydrogens (tertiary/aromatic N) is 1. The van der Waals surface area contributed by atoms with Gasteiger partial charge in [-0.2, -0.15) is 0 Å². The zero-order valence-corrected chi connectivity index (χ0v) is 18.2. The summed E-state index contributed by atoms with van der Waals surface area (Å²) < 4.78 is 5.87. The first-order chi connectivity index (χ1) is 15.1. The van der Waals surface area contributed by atoms with Crippen molar-refractivity contribution < 1.29 is 14.3 Å². The van der Waals surface area contributed by atoms with Crippen LogP contribution in [0.15, 0.2) is 60.7 Å². The van der Waals surface area contributed by atoms with E-state index in [4.69, 9.17) is 10.5 Å². The average molecular weight is 423 g/mol. The summed E-state index contributed by atoms with van der Waals surface area (Å²) in [5.74, 6) is -0.166. The largest absolute Gasteiger partial charge is 0.462 e. The summed E-state index contributed by atoms with van der Waals surface area (Å²) in [6.07, 6.45) is 6.76. The molecule has 31 heavy (non-hydrogen) atoms. The zero-order chi connectivity index (χ0) is 21.9. The first-order valence-corrected chi connectivity index (χ1v) is 11.4. The molecule has 166 valence electrons. The number of urea groups is 1. The molecule has 1 saturated heterocycles. The summed E-state index contributed by atoms with van der Waals surface area (Å²) in [6, 6.07) is 20.4. The molecule has 1 aliphatic heterocycles. The molecule has 5 nitrogen and oxygen atoms in total. The second-order valence-electron chi connectivity index (χ2n) is 8.41. The summed E-state index contributed by atoms with van der Waals surface area (Å²) in [4.78, 5) is 25.9. The summed E-state index contributed by atoms with van der Waals surface area (Å²) in [5.41, 5.74) is 7.95. The number of hydrogen-bond acceptors (Lipinski definition) is 3. The van der Waals surface area contributed by atoms with Crippen LogP contribution in [-0.4, -0.2) is 36.1 Å². The molecule has 2 amide bonds.